The van der Waals surface area contributed by atoms with E-state index < -0.39 is 9.28 Å². The van der Waals surface area contributed by atoms with E-state index in [9.17, 15) is 0 Å². The quantitative estimate of drug-likeness (QED) is 0.474. The molecule has 0 N–H and O–H groups in total. The minimum atomic E-state index is -4.08. The Hall–Kier alpha value is 2.69. The van der Waals surface area contributed by atoms with Crippen LogP contribution in [-0.4, -0.2) is 0 Å². The molecule has 64 valence electrons. The van der Waals surface area contributed by atoms with E-state index in [1.54, 1.807) is 0 Å². The van der Waals surface area contributed by atoms with Crippen molar-refractivity contribution in [3.05, 3.63) is 0 Å². The standard InChI is InChI=1S/Cl7NP2/c1-9(2,3)8-10(4,5,6)7. The van der Waals surface area contributed by atoms with E-state index in [4.69, 9.17) is 78.7 Å². The van der Waals surface area contributed by atoms with E-state index in [1.165, 1.54) is 0 Å². The van der Waals surface area contributed by atoms with Gasteiger partial charge < -0.3 is 0 Å². The molecule has 10 heavy (non-hydrogen) atoms. The molecule has 0 unspecified atom stereocenters. The first-order chi connectivity index (χ1) is 3.96. The summed E-state index contributed by atoms with van der Waals surface area (Å²) < 4.78 is -0.806. The molecule has 0 bridgehead atoms. The molecule has 0 amide bonds. The average Bonchev–Trinajstić information content (AvgIpc) is 1.09. The maximum atomic E-state index is 5.31. The van der Waals surface area contributed by atoms with Crippen LogP contribution in [0.2, 0.25) is 0 Å². The molecule has 0 aromatic rings. The number of hydrogen-bond acceptors (Lipinski definition) is 1. The molecule has 0 aliphatic heterocycles. The van der Waals surface area contributed by atoms with Crippen LogP contribution in [0.4, 0.5) is 0 Å². The van der Waals surface area contributed by atoms with Gasteiger partial charge in [-0.15, -0.1) is 0 Å². The normalized spacial score (nSPS) is 17.7. The summed E-state index contributed by atoms with van der Waals surface area (Å²) in [6, 6.07) is 0. The van der Waals surface area contributed by atoms with E-state index in [2.05, 4.69) is 4.52 Å². The Kier molecular flexibility index (Phi) is 4.37. The van der Waals surface area contributed by atoms with Crippen LogP contribution in [0.5, 0.6) is 0 Å². The van der Waals surface area contributed by atoms with Crippen LogP contribution in [0.15, 0.2) is 4.52 Å². The van der Waals surface area contributed by atoms with Crippen LogP contribution >= 0.6 is 88.0 Å². The molecular weight excluding hydrogens is 324 g/mol. The topological polar surface area (TPSA) is 12.4 Å². The Bertz CT molecular complexity index is 162. The van der Waals surface area contributed by atoms with Crippen molar-refractivity contribution in [3.63, 3.8) is 0 Å². The van der Waals surface area contributed by atoms with Crippen LogP contribution < -0.4 is 0 Å². The summed E-state index contributed by atoms with van der Waals surface area (Å²) in [5.41, 5.74) is 0. The molecule has 0 saturated heterocycles. The first kappa shape index (κ1) is 12.7. The molecule has 0 fully saturated rings. The molecule has 0 aliphatic rings. The maximum absolute atomic E-state index is 5.31. The van der Waals surface area contributed by atoms with Crippen molar-refractivity contribution >= 4 is 88.0 Å². The van der Waals surface area contributed by atoms with E-state index >= 15 is 0 Å². The van der Waals surface area contributed by atoms with Gasteiger partial charge in [0.25, 0.3) is 0 Å². The molecule has 10 heteroatoms. The summed E-state index contributed by atoms with van der Waals surface area (Å²) in [5.74, 6) is 0. The minimum absolute atomic E-state index is 3.03. The van der Waals surface area contributed by atoms with Gasteiger partial charge in [0.2, 0.25) is 0 Å². The summed E-state index contributed by atoms with van der Waals surface area (Å²) in [5, 5.41) is -3.03. The van der Waals surface area contributed by atoms with Crippen LogP contribution in [0.25, 0.3) is 0 Å². The first-order valence-electron chi connectivity index (χ1n) is 1.58. The third-order valence-electron chi connectivity index (χ3n) is 0.237. The molecule has 0 aliphatic carbocycles. The van der Waals surface area contributed by atoms with Gasteiger partial charge >= 0.3 is 92.5 Å². The van der Waals surface area contributed by atoms with Gasteiger partial charge in [-0.25, -0.2) is 0 Å². The number of nitrogens with zero attached hydrogens (tertiary/aromatic N) is 1. The fourth-order valence-corrected chi connectivity index (χ4v) is 12.4. The molecule has 1 nitrogen and oxygen atoms in total. The fraction of sp³-hybridized carbons (Fsp3) is 0. The number of rotatable bonds is 1. The van der Waals surface area contributed by atoms with Gasteiger partial charge in [-0.3, -0.25) is 0 Å². The Balaban J connectivity index is 4.77. The SMILES string of the molecule is ClP(Cl)(Cl)=NP(Cl)(Cl)(Cl)Cl. The van der Waals surface area contributed by atoms with Gasteiger partial charge in [-0.2, -0.15) is 0 Å². The van der Waals surface area contributed by atoms with Crippen LogP contribution in [0.1, 0.15) is 0 Å². The molecular formula is Cl7NP2. The van der Waals surface area contributed by atoms with Gasteiger partial charge in [-0.05, 0) is 0 Å². The Morgan fingerprint density at radius 3 is 1.20 bits per heavy atom. The predicted octanol–water partition coefficient (Wildman–Crippen LogP) is 6.73. The number of halogens is 7. The van der Waals surface area contributed by atoms with Crippen LogP contribution in [-0.2, 0) is 0 Å². The predicted molar refractivity (Wildman–Crippen MR) is 57.2 cm³/mol. The summed E-state index contributed by atoms with van der Waals surface area (Å²) in [4.78, 5) is 0. The van der Waals surface area contributed by atoms with Crippen LogP contribution in [0.3, 0.4) is 0 Å². The second-order valence-corrected chi connectivity index (χ2v) is 21.1. The summed E-state index contributed by atoms with van der Waals surface area (Å²) in [6.45, 7) is 0. The Morgan fingerprint density at radius 1 is 0.900 bits per heavy atom. The van der Waals surface area contributed by atoms with Gasteiger partial charge in [0.15, 0.2) is 0 Å². The van der Waals surface area contributed by atoms with Gasteiger partial charge in [-0.1, -0.05) is 0 Å². The van der Waals surface area contributed by atoms with Crippen molar-refractivity contribution < 1.29 is 0 Å². The van der Waals surface area contributed by atoms with Gasteiger partial charge in [0, 0.05) is 0 Å². The van der Waals surface area contributed by atoms with E-state index in [-0.39, 0.29) is 0 Å². The Morgan fingerprint density at radius 2 is 1.20 bits per heavy atom. The van der Waals surface area contributed by atoms with Crippen LogP contribution in [0, 0.1) is 0 Å². The third-order valence-corrected chi connectivity index (χ3v) is 6.39. The summed E-state index contributed by atoms with van der Waals surface area (Å²) in [6.07, 6.45) is 0. The second-order valence-electron chi connectivity index (χ2n) is 1.19. The number of hydrogen-bond donors (Lipinski definition) is 0. The zero-order valence-corrected chi connectivity index (χ0v) is 11.1. The van der Waals surface area contributed by atoms with Crippen molar-refractivity contribution in [2.45, 2.75) is 0 Å². The van der Waals surface area contributed by atoms with Gasteiger partial charge in [0.05, 0.1) is 0 Å². The van der Waals surface area contributed by atoms with Crippen molar-refractivity contribution in [3.8, 4) is 0 Å². The van der Waals surface area contributed by atoms with Crippen molar-refractivity contribution in [1.82, 2.24) is 0 Å². The molecule has 0 saturated carbocycles. The molecule has 0 spiro atoms. The zero-order valence-electron chi connectivity index (χ0n) is 3.99. The van der Waals surface area contributed by atoms with Crippen molar-refractivity contribution in [1.29, 1.82) is 0 Å². The summed E-state index contributed by atoms with van der Waals surface area (Å²) >= 11 is 37.1. The molecule has 0 heterocycles. The molecule has 0 atom stereocenters. The van der Waals surface area contributed by atoms with Crippen molar-refractivity contribution in [2.24, 2.45) is 4.52 Å². The van der Waals surface area contributed by atoms with E-state index in [0.29, 0.717) is 0 Å². The molecule has 0 rings (SSSR count). The van der Waals surface area contributed by atoms with E-state index in [1.807, 2.05) is 0 Å². The first-order valence-corrected chi connectivity index (χ1v) is 11.8. The van der Waals surface area contributed by atoms with Crippen molar-refractivity contribution in [2.75, 3.05) is 0 Å². The molecule has 0 aromatic heterocycles. The Labute approximate surface area is 91.8 Å². The zero-order chi connectivity index (χ0) is 8.65. The third kappa shape index (κ3) is 10.7. The molecule has 0 radical (unpaired) electrons. The average molecular weight is 324 g/mol. The van der Waals surface area contributed by atoms with Gasteiger partial charge in [0.1, 0.15) is 0 Å². The fourth-order valence-electron chi connectivity index (χ4n) is 0.153. The molecule has 0 aromatic carbocycles. The van der Waals surface area contributed by atoms with E-state index in [0.717, 1.165) is 0 Å². The monoisotopic (exact) mass is 321 g/mol. The summed E-state index contributed by atoms with van der Waals surface area (Å²) in [7, 11) is 0. The second kappa shape index (κ2) is 3.45.